The van der Waals surface area contributed by atoms with Crippen molar-refractivity contribution in [1.29, 1.82) is 0 Å². The second-order valence-electron chi connectivity index (χ2n) is 8.04. The first kappa shape index (κ1) is 21.3. The standard InChI is InChI=1S/C23H29N5O3/c1-26(12-13-29)23(30)21-16-28(25-24-21)18-6-5-11-27(15-18)14-17-9-10-22(31-2)20-8-4-3-7-19(17)20/h3-4,7-10,16,18,29H,5-6,11-15H2,1-2H3/t18-/m1/s1. The van der Waals surface area contributed by atoms with E-state index < -0.39 is 0 Å². The van der Waals surface area contributed by atoms with Crippen molar-refractivity contribution in [3.63, 3.8) is 0 Å². The van der Waals surface area contributed by atoms with Crippen molar-refractivity contribution < 1.29 is 14.6 Å². The number of methoxy groups -OCH3 is 1. The molecule has 8 nitrogen and oxygen atoms in total. The average Bonchev–Trinajstić information content (AvgIpc) is 3.29. The summed E-state index contributed by atoms with van der Waals surface area (Å²) in [6, 6.07) is 12.7. The van der Waals surface area contributed by atoms with E-state index in [4.69, 9.17) is 9.84 Å². The molecule has 0 spiro atoms. The van der Waals surface area contributed by atoms with Gasteiger partial charge in [0.2, 0.25) is 0 Å². The van der Waals surface area contributed by atoms with Crippen molar-refractivity contribution in [2.45, 2.75) is 25.4 Å². The summed E-state index contributed by atoms with van der Waals surface area (Å²) in [5, 5.41) is 19.7. The van der Waals surface area contributed by atoms with E-state index in [1.807, 2.05) is 16.8 Å². The van der Waals surface area contributed by atoms with Gasteiger partial charge < -0.3 is 14.7 Å². The molecule has 1 atom stereocenters. The fourth-order valence-electron chi connectivity index (χ4n) is 4.28. The summed E-state index contributed by atoms with van der Waals surface area (Å²) in [6.45, 7) is 2.92. The van der Waals surface area contributed by atoms with Gasteiger partial charge in [0.25, 0.3) is 5.91 Å². The molecule has 1 aromatic heterocycles. The molecule has 1 amide bonds. The van der Waals surface area contributed by atoms with Gasteiger partial charge in [-0.1, -0.05) is 35.5 Å². The maximum atomic E-state index is 12.4. The van der Waals surface area contributed by atoms with Crippen LogP contribution >= 0.6 is 0 Å². The third-order valence-corrected chi connectivity index (χ3v) is 5.95. The lowest BCUT2D eigenvalue weighted by molar-refractivity contribution is 0.0761. The van der Waals surface area contributed by atoms with Crippen LogP contribution in [0.4, 0.5) is 0 Å². The Morgan fingerprint density at radius 3 is 2.84 bits per heavy atom. The van der Waals surface area contributed by atoms with Crippen molar-refractivity contribution in [1.82, 2.24) is 24.8 Å². The highest BCUT2D eigenvalue weighted by Crippen LogP contribution is 2.30. The summed E-state index contributed by atoms with van der Waals surface area (Å²) in [5.74, 6) is 0.666. The Kier molecular flexibility index (Phi) is 6.48. The zero-order valence-electron chi connectivity index (χ0n) is 18.1. The molecule has 31 heavy (non-hydrogen) atoms. The molecule has 2 aromatic carbocycles. The van der Waals surface area contributed by atoms with Crippen molar-refractivity contribution in [3.05, 3.63) is 53.9 Å². The van der Waals surface area contributed by atoms with Crippen LogP contribution in [0.2, 0.25) is 0 Å². The van der Waals surface area contributed by atoms with Crippen LogP contribution in [0, 0.1) is 0 Å². The normalized spacial score (nSPS) is 17.1. The molecule has 1 saturated heterocycles. The van der Waals surface area contributed by atoms with Crippen LogP contribution in [-0.2, 0) is 6.54 Å². The Hall–Kier alpha value is -2.97. The number of hydrogen-bond acceptors (Lipinski definition) is 6. The second-order valence-corrected chi connectivity index (χ2v) is 8.04. The summed E-state index contributed by atoms with van der Waals surface area (Å²) in [5.41, 5.74) is 1.59. The number of fused-ring (bicyclic) bond motifs is 1. The van der Waals surface area contributed by atoms with Gasteiger partial charge in [-0.05, 0) is 36.4 Å². The highest BCUT2D eigenvalue weighted by atomic mass is 16.5. The number of likely N-dealkylation sites (tertiary alicyclic amines) is 1. The molecule has 164 valence electrons. The maximum absolute atomic E-state index is 12.4. The molecule has 1 N–H and O–H groups in total. The highest BCUT2D eigenvalue weighted by Gasteiger charge is 2.24. The van der Waals surface area contributed by atoms with Gasteiger partial charge in [0, 0.05) is 32.1 Å². The fraction of sp³-hybridized carbons (Fsp3) is 0.435. The number of carbonyl (C=O) groups excluding carboxylic acids is 1. The molecule has 1 fully saturated rings. The number of ether oxygens (including phenoxy) is 1. The van der Waals surface area contributed by atoms with E-state index in [-0.39, 0.29) is 25.1 Å². The molecule has 3 aromatic rings. The van der Waals surface area contributed by atoms with Crippen LogP contribution in [-0.4, -0.2) is 76.2 Å². The predicted molar refractivity (Wildman–Crippen MR) is 118 cm³/mol. The molecule has 4 rings (SSSR count). The van der Waals surface area contributed by atoms with E-state index in [9.17, 15) is 4.79 Å². The monoisotopic (exact) mass is 423 g/mol. The van der Waals surface area contributed by atoms with Crippen molar-refractivity contribution in [3.8, 4) is 5.75 Å². The number of carbonyl (C=O) groups is 1. The lowest BCUT2D eigenvalue weighted by atomic mass is 10.0. The number of amides is 1. The SMILES string of the molecule is COc1ccc(CN2CCC[C@@H](n3cc(C(=O)N(C)CCO)nn3)C2)c2ccccc12. The minimum atomic E-state index is -0.224. The van der Waals surface area contributed by atoms with Crippen LogP contribution in [0.5, 0.6) is 5.75 Å². The smallest absolute Gasteiger partial charge is 0.275 e. The van der Waals surface area contributed by atoms with Gasteiger partial charge in [-0.3, -0.25) is 9.69 Å². The van der Waals surface area contributed by atoms with Crippen molar-refractivity contribution >= 4 is 16.7 Å². The van der Waals surface area contributed by atoms with E-state index >= 15 is 0 Å². The van der Waals surface area contributed by atoms with Gasteiger partial charge in [-0.2, -0.15) is 0 Å². The molecule has 1 aliphatic rings. The average molecular weight is 424 g/mol. The van der Waals surface area contributed by atoms with Crippen LogP contribution in [0.25, 0.3) is 10.8 Å². The molecule has 8 heteroatoms. The van der Waals surface area contributed by atoms with Crippen LogP contribution in [0.3, 0.4) is 0 Å². The molecular weight excluding hydrogens is 394 g/mol. The Balaban J connectivity index is 1.48. The number of piperidine rings is 1. The molecule has 0 unspecified atom stereocenters. The Morgan fingerprint density at radius 2 is 2.06 bits per heavy atom. The summed E-state index contributed by atoms with van der Waals surface area (Å²) in [6.07, 6.45) is 3.79. The maximum Gasteiger partial charge on any atom is 0.275 e. The molecular formula is C23H29N5O3. The summed E-state index contributed by atoms with van der Waals surface area (Å²) in [4.78, 5) is 16.3. The second kappa shape index (κ2) is 9.45. The number of aliphatic hydroxyl groups excluding tert-OH is 1. The number of likely N-dealkylation sites (N-methyl/N-ethyl adjacent to an activating group) is 1. The highest BCUT2D eigenvalue weighted by molar-refractivity contribution is 5.92. The minimum absolute atomic E-state index is 0.0754. The zero-order valence-corrected chi connectivity index (χ0v) is 18.1. The van der Waals surface area contributed by atoms with Crippen LogP contribution < -0.4 is 4.74 Å². The number of aliphatic hydroxyl groups is 1. The summed E-state index contributed by atoms with van der Waals surface area (Å²) in [7, 11) is 3.36. The van der Waals surface area contributed by atoms with E-state index in [0.29, 0.717) is 5.69 Å². The van der Waals surface area contributed by atoms with Gasteiger partial charge in [0.15, 0.2) is 5.69 Å². The van der Waals surface area contributed by atoms with Gasteiger partial charge in [-0.15, -0.1) is 5.10 Å². The first-order valence-corrected chi connectivity index (χ1v) is 10.7. The fourth-order valence-corrected chi connectivity index (χ4v) is 4.28. The largest absolute Gasteiger partial charge is 0.496 e. The third kappa shape index (κ3) is 4.55. The first-order valence-electron chi connectivity index (χ1n) is 10.7. The number of hydrogen-bond donors (Lipinski definition) is 1. The molecule has 2 heterocycles. The molecule has 0 aliphatic carbocycles. The molecule has 0 bridgehead atoms. The van der Waals surface area contributed by atoms with Gasteiger partial charge in [0.05, 0.1) is 26.0 Å². The lowest BCUT2D eigenvalue weighted by Gasteiger charge is -2.32. The molecule has 1 aliphatic heterocycles. The van der Waals surface area contributed by atoms with Gasteiger partial charge >= 0.3 is 0 Å². The Morgan fingerprint density at radius 1 is 1.26 bits per heavy atom. The Bertz CT molecular complexity index is 1050. The number of aromatic nitrogens is 3. The Labute approximate surface area is 182 Å². The van der Waals surface area contributed by atoms with Gasteiger partial charge in [-0.25, -0.2) is 4.68 Å². The molecule has 0 radical (unpaired) electrons. The number of benzene rings is 2. The zero-order chi connectivity index (χ0) is 21.8. The van der Waals surface area contributed by atoms with Gasteiger partial charge in [0.1, 0.15) is 5.75 Å². The predicted octanol–water partition coefficient (Wildman–Crippen LogP) is 2.34. The quantitative estimate of drug-likeness (QED) is 0.628. The number of nitrogens with zero attached hydrogens (tertiary/aromatic N) is 5. The van der Waals surface area contributed by atoms with E-state index in [1.165, 1.54) is 15.8 Å². The molecule has 0 saturated carbocycles. The number of rotatable bonds is 7. The lowest BCUT2D eigenvalue weighted by Crippen LogP contribution is -2.36. The first-order chi connectivity index (χ1) is 15.1. The topological polar surface area (TPSA) is 83.7 Å². The van der Waals surface area contributed by atoms with Crippen LogP contribution in [0.15, 0.2) is 42.6 Å². The summed E-state index contributed by atoms with van der Waals surface area (Å²) < 4.78 is 7.34. The van der Waals surface area contributed by atoms with Crippen LogP contribution in [0.1, 0.15) is 34.9 Å². The third-order valence-electron chi connectivity index (χ3n) is 5.95. The summed E-state index contributed by atoms with van der Waals surface area (Å²) >= 11 is 0. The van der Waals surface area contributed by atoms with E-state index in [1.54, 1.807) is 20.4 Å². The van der Waals surface area contributed by atoms with E-state index in [2.05, 4.69) is 39.5 Å². The van der Waals surface area contributed by atoms with Crippen molar-refractivity contribution in [2.24, 2.45) is 0 Å². The van der Waals surface area contributed by atoms with Crippen molar-refractivity contribution in [2.75, 3.05) is 40.4 Å². The van der Waals surface area contributed by atoms with E-state index in [0.717, 1.165) is 43.6 Å². The minimum Gasteiger partial charge on any atom is -0.496 e.